The van der Waals surface area contributed by atoms with Crippen LogP contribution in [-0.2, 0) is 0 Å². The molecule has 1 N–H and O–H groups in total. The standard InChI is InChI=1S/C26H28BrNOSi/c1-26(2,3)28-25(29)24-21-12-9-13-23(27)20(21)14-15-22(24)19-11-8-7-10-18(19)16-17-30(4,5)6/h7-15H,1-6H3,(H,28,29). The Kier molecular flexibility index (Phi) is 6.26. The summed E-state index contributed by atoms with van der Waals surface area (Å²) in [5, 5.41) is 5.10. The Morgan fingerprint density at radius 1 is 0.900 bits per heavy atom. The fraction of sp³-hybridized carbons (Fsp3) is 0.269. The van der Waals surface area contributed by atoms with E-state index < -0.39 is 8.07 Å². The fourth-order valence-corrected chi connectivity index (χ4v) is 4.28. The van der Waals surface area contributed by atoms with Gasteiger partial charge in [-0.25, -0.2) is 0 Å². The van der Waals surface area contributed by atoms with Crippen molar-refractivity contribution in [2.24, 2.45) is 0 Å². The molecule has 0 saturated heterocycles. The summed E-state index contributed by atoms with van der Waals surface area (Å²) >= 11 is 3.63. The van der Waals surface area contributed by atoms with E-state index >= 15 is 0 Å². The predicted molar refractivity (Wildman–Crippen MR) is 135 cm³/mol. The van der Waals surface area contributed by atoms with Crippen molar-refractivity contribution in [3.8, 4) is 22.6 Å². The van der Waals surface area contributed by atoms with Crippen LogP contribution in [0.3, 0.4) is 0 Å². The Hall–Kier alpha value is -2.35. The number of benzene rings is 3. The van der Waals surface area contributed by atoms with Crippen LogP contribution in [0.5, 0.6) is 0 Å². The third-order valence-corrected chi connectivity index (χ3v) is 6.08. The molecule has 3 aromatic carbocycles. The van der Waals surface area contributed by atoms with Gasteiger partial charge in [0.15, 0.2) is 0 Å². The SMILES string of the molecule is CC(C)(C)NC(=O)c1c(-c2ccccc2C#C[Si](C)(C)C)ccc2c(Br)cccc12. The monoisotopic (exact) mass is 477 g/mol. The summed E-state index contributed by atoms with van der Waals surface area (Å²) in [5.41, 5.74) is 6.67. The molecule has 0 fully saturated rings. The smallest absolute Gasteiger partial charge is 0.252 e. The normalized spacial score (nSPS) is 11.7. The second-order valence-electron chi connectivity index (χ2n) is 9.57. The molecular weight excluding hydrogens is 450 g/mol. The Balaban J connectivity index is 2.31. The zero-order valence-corrected chi connectivity index (χ0v) is 21.1. The number of amides is 1. The lowest BCUT2D eigenvalue weighted by Gasteiger charge is -2.23. The molecule has 4 heteroatoms. The number of nitrogens with one attached hydrogen (secondary N) is 1. The average Bonchev–Trinajstić information content (AvgIpc) is 2.64. The van der Waals surface area contributed by atoms with Crippen LogP contribution in [0, 0.1) is 11.5 Å². The molecular formula is C26H28BrNOSi. The van der Waals surface area contributed by atoms with E-state index in [9.17, 15) is 4.79 Å². The van der Waals surface area contributed by atoms with Crippen molar-refractivity contribution in [1.82, 2.24) is 5.32 Å². The van der Waals surface area contributed by atoms with Crippen LogP contribution in [0.15, 0.2) is 59.1 Å². The summed E-state index contributed by atoms with van der Waals surface area (Å²) < 4.78 is 0.975. The maximum atomic E-state index is 13.5. The van der Waals surface area contributed by atoms with Gasteiger partial charge in [0.25, 0.3) is 5.91 Å². The molecule has 1 amide bonds. The molecule has 154 valence electrons. The van der Waals surface area contributed by atoms with E-state index in [-0.39, 0.29) is 11.4 Å². The van der Waals surface area contributed by atoms with Crippen LogP contribution in [0.2, 0.25) is 19.6 Å². The highest BCUT2D eigenvalue weighted by molar-refractivity contribution is 9.10. The highest BCUT2D eigenvalue weighted by atomic mass is 79.9. The number of halogens is 1. The zero-order chi connectivity index (χ0) is 22.1. The van der Waals surface area contributed by atoms with Gasteiger partial charge in [0.05, 0.1) is 5.56 Å². The van der Waals surface area contributed by atoms with Crippen LogP contribution >= 0.6 is 15.9 Å². The summed E-state index contributed by atoms with van der Waals surface area (Å²) in [4.78, 5) is 13.5. The predicted octanol–water partition coefficient (Wildman–Crippen LogP) is 7.03. The number of carbonyl (C=O) groups is 1. The molecule has 0 aliphatic carbocycles. The second kappa shape index (κ2) is 8.41. The van der Waals surface area contributed by atoms with Gasteiger partial charge >= 0.3 is 0 Å². The fourth-order valence-electron chi connectivity index (χ4n) is 3.27. The lowest BCUT2D eigenvalue weighted by atomic mass is 9.90. The average molecular weight is 479 g/mol. The van der Waals surface area contributed by atoms with Gasteiger partial charge in [0.2, 0.25) is 0 Å². The van der Waals surface area contributed by atoms with Crippen molar-refractivity contribution < 1.29 is 4.79 Å². The van der Waals surface area contributed by atoms with Crippen molar-refractivity contribution in [2.75, 3.05) is 0 Å². The van der Waals surface area contributed by atoms with Crippen molar-refractivity contribution in [3.05, 3.63) is 70.2 Å². The third-order valence-electron chi connectivity index (χ3n) is 4.51. The van der Waals surface area contributed by atoms with Crippen LogP contribution in [0.25, 0.3) is 21.9 Å². The molecule has 0 aromatic heterocycles. The first kappa shape index (κ1) is 22.3. The van der Waals surface area contributed by atoms with Crippen LogP contribution in [0.4, 0.5) is 0 Å². The third kappa shape index (κ3) is 5.22. The lowest BCUT2D eigenvalue weighted by Crippen LogP contribution is -2.40. The molecule has 0 saturated carbocycles. The molecule has 0 unspecified atom stereocenters. The van der Waals surface area contributed by atoms with Gasteiger partial charge in [0, 0.05) is 15.6 Å². The molecule has 3 rings (SSSR count). The van der Waals surface area contributed by atoms with Crippen LogP contribution < -0.4 is 5.32 Å². The van der Waals surface area contributed by atoms with Gasteiger partial charge in [-0.15, -0.1) is 5.54 Å². The molecule has 0 radical (unpaired) electrons. The largest absolute Gasteiger partial charge is 0.347 e. The lowest BCUT2D eigenvalue weighted by molar-refractivity contribution is 0.0922. The van der Waals surface area contributed by atoms with Crippen LogP contribution in [0.1, 0.15) is 36.7 Å². The molecule has 0 heterocycles. The maximum Gasteiger partial charge on any atom is 0.252 e. The van der Waals surface area contributed by atoms with Gasteiger partial charge < -0.3 is 5.32 Å². The molecule has 2 nitrogen and oxygen atoms in total. The molecule has 0 bridgehead atoms. The summed E-state index contributed by atoms with van der Waals surface area (Å²) in [6, 6.07) is 18.2. The van der Waals surface area contributed by atoms with E-state index in [0.29, 0.717) is 5.56 Å². The van der Waals surface area contributed by atoms with E-state index in [0.717, 1.165) is 31.9 Å². The quantitative estimate of drug-likeness (QED) is 0.311. The topological polar surface area (TPSA) is 29.1 Å². The van der Waals surface area contributed by atoms with E-state index in [1.807, 2.05) is 63.2 Å². The Labute approximate surface area is 189 Å². The first-order valence-electron chi connectivity index (χ1n) is 10.1. The molecule has 0 aliphatic heterocycles. The number of rotatable bonds is 2. The molecule has 30 heavy (non-hydrogen) atoms. The van der Waals surface area contributed by atoms with Crippen molar-refractivity contribution >= 4 is 40.7 Å². The van der Waals surface area contributed by atoms with Crippen LogP contribution in [-0.4, -0.2) is 19.5 Å². The minimum absolute atomic E-state index is 0.0749. The van der Waals surface area contributed by atoms with E-state index in [4.69, 9.17) is 0 Å². The first-order valence-corrected chi connectivity index (χ1v) is 14.4. The Bertz CT molecular complexity index is 1170. The molecule has 0 aliphatic rings. The Morgan fingerprint density at radius 2 is 1.60 bits per heavy atom. The first-order chi connectivity index (χ1) is 14.0. The molecule has 0 atom stereocenters. The number of fused-ring (bicyclic) bond motifs is 1. The minimum atomic E-state index is -1.53. The minimum Gasteiger partial charge on any atom is -0.347 e. The van der Waals surface area contributed by atoms with Crippen molar-refractivity contribution in [2.45, 2.75) is 46.0 Å². The number of hydrogen-bond donors (Lipinski definition) is 1. The number of carbonyl (C=O) groups excluding carboxylic acids is 1. The maximum absolute atomic E-state index is 13.5. The second-order valence-corrected chi connectivity index (χ2v) is 15.2. The molecule has 3 aromatic rings. The summed E-state index contributed by atoms with van der Waals surface area (Å²) in [6.07, 6.45) is 0. The Morgan fingerprint density at radius 3 is 2.27 bits per heavy atom. The molecule has 0 spiro atoms. The van der Waals surface area contributed by atoms with E-state index in [2.05, 4.69) is 64.5 Å². The summed E-state index contributed by atoms with van der Waals surface area (Å²) in [7, 11) is -1.53. The van der Waals surface area contributed by atoms with Gasteiger partial charge in [-0.3, -0.25) is 4.79 Å². The van der Waals surface area contributed by atoms with Gasteiger partial charge in [-0.1, -0.05) is 84.0 Å². The van der Waals surface area contributed by atoms with E-state index in [1.54, 1.807) is 0 Å². The number of hydrogen-bond acceptors (Lipinski definition) is 1. The van der Waals surface area contributed by atoms with Crippen molar-refractivity contribution in [1.29, 1.82) is 0 Å². The highest BCUT2D eigenvalue weighted by Crippen LogP contribution is 2.35. The van der Waals surface area contributed by atoms with Gasteiger partial charge in [0.1, 0.15) is 8.07 Å². The van der Waals surface area contributed by atoms with E-state index in [1.165, 1.54) is 0 Å². The van der Waals surface area contributed by atoms with Gasteiger partial charge in [-0.2, -0.15) is 0 Å². The van der Waals surface area contributed by atoms with Gasteiger partial charge in [-0.05, 0) is 54.8 Å². The van der Waals surface area contributed by atoms with Crippen molar-refractivity contribution in [3.63, 3.8) is 0 Å². The highest BCUT2D eigenvalue weighted by Gasteiger charge is 2.22. The summed E-state index contributed by atoms with van der Waals surface area (Å²) in [6.45, 7) is 12.7. The summed E-state index contributed by atoms with van der Waals surface area (Å²) in [5.74, 6) is 3.32. The zero-order valence-electron chi connectivity index (χ0n) is 18.5.